The maximum absolute atomic E-state index is 8.82. The lowest BCUT2D eigenvalue weighted by molar-refractivity contribution is 0.194. The number of hydrogen-bond acceptors (Lipinski definition) is 4. The summed E-state index contributed by atoms with van der Waals surface area (Å²) in [5, 5.41) is 8.82. The molecule has 0 radical (unpaired) electrons. The number of ether oxygens (including phenoxy) is 2. The molecule has 0 saturated carbocycles. The van der Waals surface area contributed by atoms with Gasteiger partial charge in [-0.1, -0.05) is 30.3 Å². The summed E-state index contributed by atoms with van der Waals surface area (Å²) < 4.78 is 11.2. The molecule has 0 bridgehead atoms. The molecule has 21 heavy (non-hydrogen) atoms. The van der Waals surface area contributed by atoms with Crippen LogP contribution >= 0.6 is 0 Å². The summed E-state index contributed by atoms with van der Waals surface area (Å²) in [6, 6.07) is 17.7. The van der Waals surface area contributed by atoms with Crippen LogP contribution in [-0.4, -0.2) is 38.5 Å². The van der Waals surface area contributed by atoms with Gasteiger partial charge in [0, 0.05) is 12.7 Å². The minimum absolute atomic E-state index is 0.00885. The predicted molar refractivity (Wildman–Crippen MR) is 84.2 cm³/mol. The number of rotatable bonds is 8. The number of likely N-dealkylation sites (N-methyl/N-ethyl adjacent to an activating group) is 1. The fraction of sp³-hybridized carbons (Fsp3) is 0.294. The highest BCUT2D eigenvalue weighted by Crippen LogP contribution is 2.26. The van der Waals surface area contributed by atoms with Crippen molar-refractivity contribution >= 4 is 5.69 Å². The molecule has 0 atom stereocenters. The van der Waals surface area contributed by atoms with E-state index in [9.17, 15) is 0 Å². The van der Waals surface area contributed by atoms with Gasteiger partial charge in [-0.15, -0.1) is 0 Å². The van der Waals surface area contributed by atoms with E-state index in [0.29, 0.717) is 18.1 Å². The van der Waals surface area contributed by atoms with Crippen molar-refractivity contribution in [1.29, 1.82) is 0 Å². The van der Waals surface area contributed by atoms with Crippen LogP contribution in [0.15, 0.2) is 54.6 Å². The Morgan fingerprint density at radius 3 is 2.05 bits per heavy atom. The van der Waals surface area contributed by atoms with Crippen molar-refractivity contribution < 1.29 is 14.6 Å². The van der Waals surface area contributed by atoms with Crippen molar-refractivity contribution in [2.75, 3.05) is 38.3 Å². The van der Waals surface area contributed by atoms with Crippen LogP contribution in [0.4, 0.5) is 5.69 Å². The molecule has 4 heteroatoms. The number of para-hydroxylation sites is 3. The van der Waals surface area contributed by atoms with E-state index in [1.807, 2.05) is 49.5 Å². The standard InChI is InChI=1S/C17H21NO3/c1-18(15-7-3-2-4-8-15)11-13-20-16-9-5-6-10-17(16)21-14-12-19/h2-10,19H,11-14H2,1H3. The van der Waals surface area contributed by atoms with E-state index >= 15 is 0 Å². The quantitative estimate of drug-likeness (QED) is 0.810. The second kappa shape index (κ2) is 8.17. The Balaban J connectivity index is 1.86. The number of aliphatic hydroxyl groups is 1. The van der Waals surface area contributed by atoms with E-state index in [1.165, 1.54) is 0 Å². The van der Waals surface area contributed by atoms with Gasteiger partial charge in [-0.25, -0.2) is 0 Å². The third kappa shape index (κ3) is 4.68. The molecule has 0 aliphatic rings. The summed E-state index contributed by atoms with van der Waals surface area (Å²) in [4.78, 5) is 2.14. The predicted octanol–water partition coefficient (Wildman–Crippen LogP) is 2.57. The molecule has 0 fully saturated rings. The second-order valence-corrected chi connectivity index (χ2v) is 4.62. The summed E-state index contributed by atoms with van der Waals surface area (Å²) in [7, 11) is 2.03. The van der Waals surface area contributed by atoms with Gasteiger partial charge >= 0.3 is 0 Å². The average molecular weight is 287 g/mol. The zero-order valence-electron chi connectivity index (χ0n) is 12.2. The Labute approximate surface area is 125 Å². The molecule has 1 N–H and O–H groups in total. The highest BCUT2D eigenvalue weighted by Gasteiger charge is 2.05. The summed E-state index contributed by atoms with van der Waals surface area (Å²) >= 11 is 0. The Kier molecular flexibility index (Phi) is 5.91. The molecule has 112 valence electrons. The van der Waals surface area contributed by atoms with Crippen molar-refractivity contribution in [1.82, 2.24) is 0 Å². The molecular weight excluding hydrogens is 266 g/mol. The van der Waals surface area contributed by atoms with E-state index in [4.69, 9.17) is 14.6 Å². The van der Waals surface area contributed by atoms with Gasteiger partial charge in [0.05, 0.1) is 13.2 Å². The molecular formula is C17H21NO3. The molecule has 0 unspecified atom stereocenters. The van der Waals surface area contributed by atoms with Crippen LogP contribution in [0.2, 0.25) is 0 Å². The van der Waals surface area contributed by atoms with Gasteiger partial charge in [0.2, 0.25) is 0 Å². The first-order chi connectivity index (χ1) is 10.3. The monoisotopic (exact) mass is 287 g/mol. The van der Waals surface area contributed by atoms with Crippen molar-refractivity contribution in [2.45, 2.75) is 0 Å². The number of anilines is 1. The van der Waals surface area contributed by atoms with Crippen LogP contribution in [0.5, 0.6) is 11.5 Å². The molecule has 0 spiro atoms. The van der Waals surface area contributed by atoms with Crippen molar-refractivity contribution in [3.05, 3.63) is 54.6 Å². The molecule has 0 aliphatic carbocycles. The minimum Gasteiger partial charge on any atom is -0.488 e. The Morgan fingerprint density at radius 2 is 1.43 bits per heavy atom. The number of aliphatic hydroxyl groups excluding tert-OH is 1. The lowest BCUT2D eigenvalue weighted by atomic mass is 10.3. The summed E-state index contributed by atoms with van der Waals surface area (Å²) in [6.07, 6.45) is 0. The lowest BCUT2D eigenvalue weighted by Gasteiger charge is -2.20. The Morgan fingerprint density at radius 1 is 0.857 bits per heavy atom. The normalized spacial score (nSPS) is 10.2. The fourth-order valence-electron chi connectivity index (χ4n) is 1.95. The van der Waals surface area contributed by atoms with Crippen molar-refractivity contribution in [2.24, 2.45) is 0 Å². The highest BCUT2D eigenvalue weighted by molar-refractivity contribution is 5.45. The zero-order valence-corrected chi connectivity index (χ0v) is 12.2. The van der Waals surface area contributed by atoms with Gasteiger partial charge in [-0.2, -0.15) is 0 Å². The third-order valence-corrected chi connectivity index (χ3v) is 3.08. The maximum atomic E-state index is 8.82. The molecule has 4 nitrogen and oxygen atoms in total. The van der Waals surface area contributed by atoms with Gasteiger partial charge < -0.3 is 19.5 Å². The molecule has 0 amide bonds. The van der Waals surface area contributed by atoms with Crippen LogP contribution < -0.4 is 14.4 Å². The highest BCUT2D eigenvalue weighted by atomic mass is 16.5. The molecule has 0 aliphatic heterocycles. The number of nitrogens with zero attached hydrogens (tertiary/aromatic N) is 1. The van der Waals surface area contributed by atoms with Crippen LogP contribution in [0.3, 0.4) is 0 Å². The second-order valence-electron chi connectivity index (χ2n) is 4.62. The third-order valence-electron chi connectivity index (χ3n) is 3.08. The number of benzene rings is 2. The van der Waals surface area contributed by atoms with Crippen molar-refractivity contribution in [3.8, 4) is 11.5 Å². The lowest BCUT2D eigenvalue weighted by Crippen LogP contribution is -2.23. The summed E-state index contributed by atoms with van der Waals surface area (Å²) in [6.45, 7) is 1.60. The molecule has 0 saturated heterocycles. The van der Waals surface area contributed by atoms with E-state index in [2.05, 4.69) is 17.0 Å². The van der Waals surface area contributed by atoms with Crippen LogP contribution in [0.1, 0.15) is 0 Å². The van der Waals surface area contributed by atoms with E-state index in [1.54, 1.807) is 0 Å². The van der Waals surface area contributed by atoms with Gasteiger partial charge in [0.15, 0.2) is 11.5 Å². The smallest absolute Gasteiger partial charge is 0.161 e. The topological polar surface area (TPSA) is 41.9 Å². The van der Waals surface area contributed by atoms with Gasteiger partial charge in [-0.05, 0) is 24.3 Å². The minimum atomic E-state index is -0.00885. The van der Waals surface area contributed by atoms with Gasteiger partial charge in [0.1, 0.15) is 13.2 Å². The van der Waals surface area contributed by atoms with Crippen molar-refractivity contribution in [3.63, 3.8) is 0 Å². The molecule has 2 aromatic carbocycles. The first kappa shape index (κ1) is 15.2. The summed E-state index contributed by atoms with van der Waals surface area (Å²) in [5.41, 5.74) is 1.16. The first-order valence-electron chi connectivity index (χ1n) is 7.03. The summed E-state index contributed by atoms with van der Waals surface area (Å²) in [5.74, 6) is 1.36. The Bertz CT molecular complexity index is 531. The molecule has 2 rings (SSSR count). The average Bonchev–Trinajstić information content (AvgIpc) is 2.54. The molecule has 0 heterocycles. The van der Waals surface area contributed by atoms with Gasteiger partial charge in [-0.3, -0.25) is 0 Å². The largest absolute Gasteiger partial charge is 0.488 e. The van der Waals surface area contributed by atoms with Gasteiger partial charge in [0.25, 0.3) is 0 Å². The Hall–Kier alpha value is -2.20. The van der Waals surface area contributed by atoms with Crippen LogP contribution in [-0.2, 0) is 0 Å². The van der Waals surface area contributed by atoms with E-state index in [0.717, 1.165) is 12.2 Å². The zero-order chi connectivity index (χ0) is 14.9. The molecule has 0 aromatic heterocycles. The maximum Gasteiger partial charge on any atom is 0.161 e. The molecule has 2 aromatic rings. The van der Waals surface area contributed by atoms with E-state index < -0.39 is 0 Å². The van der Waals surface area contributed by atoms with Crippen LogP contribution in [0, 0.1) is 0 Å². The van der Waals surface area contributed by atoms with E-state index in [-0.39, 0.29) is 13.2 Å². The van der Waals surface area contributed by atoms with Crippen LogP contribution in [0.25, 0.3) is 0 Å². The number of hydrogen-bond donors (Lipinski definition) is 1. The fourth-order valence-corrected chi connectivity index (χ4v) is 1.95. The SMILES string of the molecule is CN(CCOc1ccccc1OCCO)c1ccccc1. The first-order valence-corrected chi connectivity index (χ1v) is 7.03.